The summed E-state index contributed by atoms with van der Waals surface area (Å²) >= 11 is 3.53. The molecule has 0 aromatic heterocycles. The summed E-state index contributed by atoms with van der Waals surface area (Å²) in [6, 6.07) is 6.16. The van der Waals surface area contributed by atoms with Gasteiger partial charge in [-0.15, -0.1) is 0 Å². The van der Waals surface area contributed by atoms with Crippen molar-refractivity contribution in [2.45, 2.75) is 52.5 Å². The molecule has 1 saturated carbocycles. The topological polar surface area (TPSA) is 29.1 Å². The van der Waals surface area contributed by atoms with Gasteiger partial charge >= 0.3 is 0 Å². The van der Waals surface area contributed by atoms with E-state index in [4.69, 9.17) is 0 Å². The third kappa shape index (κ3) is 3.43. The molecule has 0 heterocycles. The first kappa shape index (κ1) is 15.6. The molecule has 110 valence electrons. The van der Waals surface area contributed by atoms with Crippen LogP contribution in [0.3, 0.4) is 0 Å². The lowest BCUT2D eigenvalue weighted by Crippen LogP contribution is -2.44. The van der Waals surface area contributed by atoms with Crippen molar-refractivity contribution in [2.24, 2.45) is 11.8 Å². The number of benzene rings is 1. The summed E-state index contributed by atoms with van der Waals surface area (Å²) in [5.41, 5.74) is 1.85. The first-order chi connectivity index (χ1) is 9.50. The molecule has 0 bridgehead atoms. The van der Waals surface area contributed by atoms with E-state index < -0.39 is 0 Å². The smallest absolute Gasteiger partial charge is 0.252 e. The van der Waals surface area contributed by atoms with Crippen molar-refractivity contribution in [3.05, 3.63) is 33.8 Å². The predicted molar refractivity (Wildman–Crippen MR) is 86.9 cm³/mol. The molecule has 2 atom stereocenters. The molecular formula is C17H24BrNO. The van der Waals surface area contributed by atoms with E-state index in [1.54, 1.807) is 0 Å². The van der Waals surface area contributed by atoms with Crippen molar-refractivity contribution < 1.29 is 4.79 Å². The van der Waals surface area contributed by atoms with Gasteiger partial charge in [-0.2, -0.15) is 0 Å². The lowest BCUT2D eigenvalue weighted by Gasteiger charge is -2.35. The van der Waals surface area contributed by atoms with Gasteiger partial charge < -0.3 is 5.32 Å². The van der Waals surface area contributed by atoms with Crippen LogP contribution in [-0.4, -0.2) is 11.9 Å². The molecular weight excluding hydrogens is 314 g/mol. The van der Waals surface area contributed by atoms with Gasteiger partial charge in [0.1, 0.15) is 0 Å². The molecule has 1 fully saturated rings. The summed E-state index contributed by atoms with van der Waals surface area (Å²) in [6.07, 6.45) is 4.86. The van der Waals surface area contributed by atoms with Crippen LogP contribution in [-0.2, 0) is 0 Å². The number of hydrogen-bond acceptors (Lipinski definition) is 1. The van der Waals surface area contributed by atoms with E-state index in [0.29, 0.717) is 17.9 Å². The number of rotatable bonds is 3. The zero-order chi connectivity index (χ0) is 14.7. The van der Waals surface area contributed by atoms with Crippen LogP contribution in [0.2, 0.25) is 0 Å². The Morgan fingerprint density at radius 2 is 2.00 bits per heavy atom. The van der Waals surface area contributed by atoms with Gasteiger partial charge in [-0.1, -0.05) is 38.8 Å². The fraction of sp³-hybridized carbons (Fsp3) is 0.588. The minimum Gasteiger partial charge on any atom is -0.349 e. The van der Waals surface area contributed by atoms with E-state index in [-0.39, 0.29) is 5.91 Å². The normalized spacial score (nSPS) is 22.9. The zero-order valence-corrected chi connectivity index (χ0v) is 14.2. The molecule has 3 heteroatoms. The lowest BCUT2D eigenvalue weighted by atomic mass is 9.78. The van der Waals surface area contributed by atoms with Crippen molar-refractivity contribution in [3.8, 4) is 0 Å². The van der Waals surface area contributed by atoms with E-state index in [1.165, 1.54) is 19.3 Å². The highest BCUT2D eigenvalue weighted by Gasteiger charge is 2.29. The van der Waals surface area contributed by atoms with Crippen LogP contribution in [0.4, 0.5) is 0 Å². The molecule has 0 aliphatic heterocycles. The van der Waals surface area contributed by atoms with Gasteiger partial charge in [-0.05, 0) is 59.2 Å². The van der Waals surface area contributed by atoms with Crippen molar-refractivity contribution in [3.63, 3.8) is 0 Å². The monoisotopic (exact) mass is 337 g/mol. The number of carbonyl (C=O) groups excluding carboxylic acids is 1. The first-order valence-corrected chi connectivity index (χ1v) is 8.36. The highest BCUT2D eigenvalue weighted by atomic mass is 79.9. The predicted octanol–water partition coefficient (Wildman–Crippen LogP) is 4.70. The second kappa shape index (κ2) is 6.75. The van der Waals surface area contributed by atoms with Crippen molar-refractivity contribution in [1.29, 1.82) is 0 Å². The maximum Gasteiger partial charge on any atom is 0.252 e. The fourth-order valence-electron chi connectivity index (χ4n) is 3.21. The quantitative estimate of drug-likeness (QED) is 0.850. The summed E-state index contributed by atoms with van der Waals surface area (Å²) in [5, 5.41) is 3.27. The van der Waals surface area contributed by atoms with Crippen LogP contribution in [0.15, 0.2) is 22.7 Å². The molecule has 1 aliphatic carbocycles. The molecule has 1 aromatic carbocycles. The second-order valence-electron chi connectivity index (χ2n) is 6.21. The Labute approximate surface area is 130 Å². The average Bonchev–Trinajstić information content (AvgIpc) is 2.42. The van der Waals surface area contributed by atoms with Crippen LogP contribution in [0.25, 0.3) is 0 Å². The number of carbonyl (C=O) groups is 1. The van der Waals surface area contributed by atoms with Gasteiger partial charge in [0.15, 0.2) is 0 Å². The summed E-state index contributed by atoms with van der Waals surface area (Å²) in [6.45, 7) is 6.54. The molecule has 0 saturated heterocycles. The first-order valence-electron chi connectivity index (χ1n) is 7.56. The largest absolute Gasteiger partial charge is 0.349 e. The average molecular weight is 338 g/mol. The Bertz CT molecular complexity index is 484. The molecule has 1 N–H and O–H groups in total. The molecule has 1 aromatic rings. The number of halogens is 1. The summed E-state index contributed by atoms with van der Waals surface area (Å²) in [4.78, 5) is 12.5. The van der Waals surface area contributed by atoms with Gasteiger partial charge in [0, 0.05) is 10.5 Å². The fourth-order valence-corrected chi connectivity index (χ4v) is 3.65. The van der Waals surface area contributed by atoms with E-state index in [2.05, 4.69) is 35.1 Å². The number of amides is 1. The summed E-state index contributed by atoms with van der Waals surface area (Å²) in [5.74, 6) is 1.29. The molecule has 0 spiro atoms. The van der Waals surface area contributed by atoms with Gasteiger partial charge in [-0.25, -0.2) is 0 Å². The van der Waals surface area contributed by atoms with Crippen molar-refractivity contribution in [1.82, 2.24) is 5.32 Å². The highest BCUT2D eigenvalue weighted by Crippen LogP contribution is 2.31. The van der Waals surface area contributed by atoms with Gasteiger partial charge in [0.05, 0.1) is 5.56 Å². The SMILES string of the molecule is Cc1cccc(C(=O)NC2CCCCC2C(C)C)c1Br. The maximum atomic E-state index is 12.5. The van der Waals surface area contributed by atoms with E-state index >= 15 is 0 Å². The minimum absolute atomic E-state index is 0.0538. The Morgan fingerprint density at radius 3 is 2.70 bits per heavy atom. The van der Waals surface area contributed by atoms with Crippen LogP contribution >= 0.6 is 15.9 Å². The molecule has 2 nitrogen and oxygen atoms in total. The van der Waals surface area contributed by atoms with Crippen molar-refractivity contribution >= 4 is 21.8 Å². The van der Waals surface area contributed by atoms with E-state index in [9.17, 15) is 4.79 Å². The lowest BCUT2D eigenvalue weighted by molar-refractivity contribution is 0.0888. The Morgan fingerprint density at radius 1 is 1.30 bits per heavy atom. The van der Waals surface area contributed by atoms with Crippen molar-refractivity contribution in [2.75, 3.05) is 0 Å². The molecule has 2 rings (SSSR count). The third-order valence-corrected chi connectivity index (χ3v) is 5.48. The Hall–Kier alpha value is -0.830. The Balaban J connectivity index is 2.12. The summed E-state index contributed by atoms with van der Waals surface area (Å²) in [7, 11) is 0. The molecule has 2 unspecified atom stereocenters. The standard InChI is InChI=1S/C17H24BrNO/c1-11(2)13-8-4-5-10-15(13)19-17(20)14-9-6-7-12(3)16(14)18/h6-7,9,11,13,15H,4-5,8,10H2,1-3H3,(H,19,20). The zero-order valence-electron chi connectivity index (χ0n) is 12.6. The molecule has 20 heavy (non-hydrogen) atoms. The van der Waals surface area contributed by atoms with Gasteiger partial charge in [-0.3, -0.25) is 4.79 Å². The highest BCUT2D eigenvalue weighted by molar-refractivity contribution is 9.10. The van der Waals surface area contributed by atoms with E-state index in [0.717, 1.165) is 22.0 Å². The summed E-state index contributed by atoms with van der Waals surface area (Å²) < 4.78 is 0.911. The number of hydrogen-bond donors (Lipinski definition) is 1. The Kier molecular flexibility index (Phi) is 5.25. The number of nitrogens with one attached hydrogen (secondary N) is 1. The van der Waals surface area contributed by atoms with E-state index in [1.807, 2.05) is 25.1 Å². The van der Waals surface area contributed by atoms with Gasteiger partial charge in [0.25, 0.3) is 5.91 Å². The molecule has 0 radical (unpaired) electrons. The van der Waals surface area contributed by atoms with Crippen LogP contribution in [0, 0.1) is 18.8 Å². The third-order valence-electron chi connectivity index (χ3n) is 4.43. The number of aryl methyl sites for hydroxylation is 1. The molecule has 1 aliphatic rings. The van der Waals surface area contributed by atoms with Crippen LogP contribution in [0.1, 0.15) is 55.5 Å². The second-order valence-corrected chi connectivity index (χ2v) is 7.00. The minimum atomic E-state index is 0.0538. The van der Waals surface area contributed by atoms with Crippen LogP contribution < -0.4 is 5.32 Å². The van der Waals surface area contributed by atoms with Crippen LogP contribution in [0.5, 0.6) is 0 Å². The molecule has 1 amide bonds. The maximum absolute atomic E-state index is 12.5. The van der Waals surface area contributed by atoms with Gasteiger partial charge in [0.2, 0.25) is 0 Å².